The SMILES string of the molecule is CC(C)(C)NCC1(CCCc2ccccc2)CCC1. The Morgan fingerprint density at radius 1 is 1.11 bits per heavy atom. The highest BCUT2D eigenvalue weighted by molar-refractivity contribution is 5.14. The monoisotopic (exact) mass is 259 g/mol. The molecule has 0 heterocycles. The fraction of sp³-hybridized carbons (Fsp3) is 0.667. The zero-order chi connectivity index (χ0) is 13.8. The summed E-state index contributed by atoms with van der Waals surface area (Å²) < 4.78 is 0. The van der Waals surface area contributed by atoms with E-state index in [1.165, 1.54) is 50.6 Å². The second-order valence-electron chi connectivity index (χ2n) is 7.30. The first-order valence-electron chi connectivity index (χ1n) is 7.78. The molecule has 0 spiro atoms. The Morgan fingerprint density at radius 2 is 1.79 bits per heavy atom. The second-order valence-corrected chi connectivity index (χ2v) is 7.30. The van der Waals surface area contributed by atoms with Crippen molar-refractivity contribution in [2.75, 3.05) is 6.54 Å². The number of hydrogen-bond acceptors (Lipinski definition) is 1. The van der Waals surface area contributed by atoms with E-state index in [1.54, 1.807) is 0 Å². The number of benzene rings is 1. The second kappa shape index (κ2) is 6.09. The Kier molecular flexibility index (Phi) is 4.67. The topological polar surface area (TPSA) is 12.0 Å². The van der Waals surface area contributed by atoms with Gasteiger partial charge in [0.05, 0.1) is 0 Å². The fourth-order valence-corrected chi connectivity index (χ4v) is 2.96. The van der Waals surface area contributed by atoms with Crippen LogP contribution in [-0.2, 0) is 6.42 Å². The zero-order valence-electron chi connectivity index (χ0n) is 12.8. The van der Waals surface area contributed by atoms with Crippen LogP contribution in [-0.4, -0.2) is 12.1 Å². The van der Waals surface area contributed by atoms with Crippen LogP contribution in [0.3, 0.4) is 0 Å². The minimum atomic E-state index is 0.252. The number of aryl methyl sites for hydroxylation is 1. The van der Waals surface area contributed by atoms with Crippen LogP contribution in [0.1, 0.15) is 58.4 Å². The Balaban J connectivity index is 1.76. The van der Waals surface area contributed by atoms with Gasteiger partial charge in [0.1, 0.15) is 0 Å². The molecule has 19 heavy (non-hydrogen) atoms. The quantitative estimate of drug-likeness (QED) is 0.789. The molecule has 1 heteroatoms. The van der Waals surface area contributed by atoms with E-state index in [-0.39, 0.29) is 5.54 Å². The summed E-state index contributed by atoms with van der Waals surface area (Å²) in [5.41, 5.74) is 2.34. The minimum absolute atomic E-state index is 0.252. The average molecular weight is 259 g/mol. The molecule has 1 aromatic rings. The van der Waals surface area contributed by atoms with Crippen LogP contribution in [0.4, 0.5) is 0 Å². The third kappa shape index (κ3) is 4.65. The maximum absolute atomic E-state index is 3.71. The van der Waals surface area contributed by atoms with Gasteiger partial charge in [0, 0.05) is 12.1 Å². The molecular formula is C18H29N. The van der Waals surface area contributed by atoms with Gasteiger partial charge >= 0.3 is 0 Å². The summed E-state index contributed by atoms with van der Waals surface area (Å²) in [6.45, 7) is 8.00. The lowest BCUT2D eigenvalue weighted by molar-refractivity contribution is 0.103. The molecule has 1 aliphatic rings. The van der Waals surface area contributed by atoms with E-state index in [9.17, 15) is 0 Å². The van der Waals surface area contributed by atoms with Crippen LogP contribution < -0.4 is 5.32 Å². The molecule has 1 fully saturated rings. The van der Waals surface area contributed by atoms with Crippen molar-refractivity contribution in [3.05, 3.63) is 35.9 Å². The highest BCUT2D eigenvalue weighted by Gasteiger charge is 2.36. The van der Waals surface area contributed by atoms with Gasteiger partial charge in [0.25, 0.3) is 0 Å². The smallest absolute Gasteiger partial charge is 0.00967 e. The summed E-state index contributed by atoms with van der Waals surface area (Å²) in [6.07, 6.45) is 8.21. The zero-order valence-corrected chi connectivity index (χ0v) is 12.8. The molecule has 0 aromatic heterocycles. The lowest BCUT2D eigenvalue weighted by Crippen LogP contribution is -2.46. The van der Waals surface area contributed by atoms with E-state index in [0.717, 1.165) is 0 Å². The predicted molar refractivity (Wildman–Crippen MR) is 83.4 cm³/mol. The number of hydrogen-bond donors (Lipinski definition) is 1. The van der Waals surface area contributed by atoms with Gasteiger partial charge in [-0.15, -0.1) is 0 Å². The average Bonchev–Trinajstić information content (AvgIpc) is 2.31. The summed E-state index contributed by atoms with van der Waals surface area (Å²) in [4.78, 5) is 0. The summed E-state index contributed by atoms with van der Waals surface area (Å²) in [7, 11) is 0. The molecule has 0 radical (unpaired) electrons. The van der Waals surface area contributed by atoms with Crippen LogP contribution in [0.5, 0.6) is 0 Å². The van der Waals surface area contributed by atoms with Crippen LogP contribution >= 0.6 is 0 Å². The van der Waals surface area contributed by atoms with Gasteiger partial charge in [-0.1, -0.05) is 36.8 Å². The van der Waals surface area contributed by atoms with Gasteiger partial charge < -0.3 is 5.32 Å². The molecule has 1 aliphatic carbocycles. The first kappa shape index (κ1) is 14.6. The van der Waals surface area contributed by atoms with Crippen molar-refractivity contribution in [1.82, 2.24) is 5.32 Å². The van der Waals surface area contributed by atoms with Crippen LogP contribution in [0.15, 0.2) is 30.3 Å². The molecule has 0 aliphatic heterocycles. The standard InChI is InChI=1S/C18H29N/c1-17(2,3)19-15-18(13-8-14-18)12-7-11-16-9-5-4-6-10-16/h4-6,9-10,19H,7-8,11-15H2,1-3H3. The van der Waals surface area contributed by atoms with Crippen molar-refractivity contribution >= 4 is 0 Å². The fourth-order valence-electron chi connectivity index (χ4n) is 2.96. The van der Waals surface area contributed by atoms with Crippen molar-refractivity contribution in [2.24, 2.45) is 5.41 Å². The molecule has 0 unspecified atom stereocenters. The summed E-state index contributed by atoms with van der Waals surface area (Å²) in [5, 5.41) is 3.71. The Labute approximate surface area is 118 Å². The van der Waals surface area contributed by atoms with Gasteiger partial charge in [-0.05, 0) is 63.9 Å². The maximum Gasteiger partial charge on any atom is 0.00967 e. The summed E-state index contributed by atoms with van der Waals surface area (Å²) in [6, 6.07) is 10.9. The summed E-state index contributed by atoms with van der Waals surface area (Å²) >= 11 is 0. The van der Waals surface area contributed by atoms with Crippen molar-refractivity contribution in [2.45, 2.75) is 64.8 Å². The van der Waals surface area contributed by atoms with E-state index >= 15 is 0 Å². The lowest BCUT2D eigenvalue weighted by Gasteiger charge is -2.44. The Bertz CT molecular complexity index is 370. The van der Waals surface area contributed by atoms with Crippen LogP contribution in [0.25, 0.3) is 0 Å². The maximum atomic E-state index is 3.71. The normalized spacial score (nSPS) is 18.1. The molecule has 0 bridgehead atoms. The van der Waals surface area contributed by atoms with Crippen molar-refractivity contribution in [1.29, 1.82) is 0 Å². The molecule has 0 amide bonds. The van der Waals surface area contributed by atoms with Crippen molar-refractivity contribution in [3.63, 3.8) is 0 Å². The minimum Gasteiger partial charge on any atom is -0.312 e. The highest BCUT2D eigenvalue weighted by atomic mass is 15.0. The van der Waals surface area contributed by atoms with Crippen LogP contribution in [0.2, 0.25) is 0 Å². The largest absolute Gasteiger partial charge is 0.312 e. The summed E-state index contributed by atoms with van der Waals surface area (Å²) in [5.74, 6) is 0. The molecule has 2 rings (SSSR count). The van der Waals surface area contributed by atoms with Crippen molar-refractivity contribution < 1.29 is 0 Å². The Morgan fingerprint density at radius 3 is 2.32 bits per heavy atom. The van der Waals surface area contributed by atoms with E-state index in [2.05, 4.69) is 56.4 Å². The van der Waals surface area contributed by atoms with Gasteiger partial charge in [0.15, 0.2) is 0 Å². The van der Waals surface area contributed by atoms with Gasteiger partial charge in [-0.25, -0.2) is 0 Å². The first-order valence-corrected chi connectivity index (χ1v) is 7.78. The van der Waals surface area contributed by atoms with E-state index in [4.69, 9.17) is 0 Å². The number of rotatable bonds is 6. The van der Waals surface area contributed by atoms with Gasteiger partial charge in [-0.3, -0.25) is 0 Å². The molecule has 106 valence electrons. The lowest BCUT2D eigenvalue weighted by atomic mass is 9.65. The van der Waals surface area contributed by atoms with Crippen LogP contribution in [0, 0.1) is 5.41 Å². The molecule has 1 nitrogen and oxygen atoms in total. The molecule has 1 aromatic carbocycles. The third-order valence-electron chi connectivity index (χ3n) is 4.42. The predicted octanol–water partition coefficient (Wildman–Crippen LogP) is 4.57. The first-order chi connectivity index (χ1) is 8.99. The highest BCUT2D eigenvalue weighted by Crippen LogP contribution is 2.44. The molecular weight excluding hydrogens is 230 g/mol. The molecule has 0 atom stereocenters. The molecule has 0 saturated heterocycles. The Hall–Kier alpha value is -0.820. The molecule has 1 saturated carbocycles. The van der Waals surface area contributed by atoms with Crippen molar-refractivity contribution in [3.8, 4) is 0 Å². The van der Waals surface area contributed by atoms with E-state index in [0.29, 0.717) is 5.41 Å². The number of nitrogens with one attached hydrogen (secondary N) is 1. The van der Waals surface area contributed by atoms with Gasteiger partial charge in [0.2, 0.25) is 0 Å². The van der Waals surface area contributed by atoms with Gasteiger partial charge in [-0.2, -0.15) is 0 Å². The van der Waals surface area contributed by atoms with E-state index < -0.39 is 0 Å². The molecule has 1 N–H and O–H groups in total. The third-order valence-corrected chi connectivity index (χ3v) is 4.42. The van der Waals surface area contributed by atoms with E-state index in [1.807, 2.05) is 0 Å².